The van der Waals surface area contributed by atoms with E-state index in [1.165, 1.54) is 0 Å². The van der Waals surface area contributed by atoms with Gasteiger partial charge < -0.3 is 15.0 Å². The summed E-state index contributed by atoms with van der Waals surface area (Å²) < 4.78 is 7.29. The number of aromatic nitrogens is 4. The number of hydrogen-bond acceptors (Lipinski definition) is 7. The molecule has 2 unspecified atom stereocenters. The third kappa shape index (κ3) is 4.08. The summed E-state index contributed by atoms with van der Waals surface area (Å²) >= 11 is 0. The fourth-order valence-corrected chi connectivity index (χ4v) is 6.47. The molecule has 5 heterocycles. The fourth-order valence-electron chi connectivity index (χ4n) is 6.47. The number of methoxy groups -OCH3 is 1. The number of hydrogen-bond donors (Lipinski definition) is 1. The number of anilines is 1. The highest BCUT2D eigenvalue weighted by atomic mass is 16.5. The summed E-state index contributed by atoms with van der Waals surface area (Å²) in [5.74, 6) is 2.00. The van der Waals surface area contributed by atoms with Gasteiger partial charge in [-0.15, -0.1) is 0 Å². The van der Waals surface area contributed by atoms with Crippen LogP contribution >= 0.6 is 0 Å². The number of nitrogens with zero attached hydrogens (tertiary/aromatic N) is 5. The van der Waals surface area contributed by atoms with Crippen LogP contribution in [0, 0.1) is 17.8 Å². The first-order valence-corrected chi connectivity index (χ1v) is 13.6. The fraction of sp³-hybridized carbons (Fsp3) is 0.400. The van der Waals surface area contributed by atoms with Gasteiger partial charge in [0.2, 0.25) is 0 Å². The minimum absolute atomic E-state index is 0.0722. The number of fused-ring (bicyclic) bond motifs is 3. The molecular formula is C30H32N6O2. The van der Waals surface area contributed by atoms with E-state index in [-0.39, 0.29) is 17.8 Å². The molecule has 7 rings (SSSR count). The predicted molar refractivity (Wildman–Crippen MR) is 146 cm³/mol. The number of nitrogens with one attached hydrogen (secondary N) is 1. The van der Waals surface area contributed by atoms with Crippen LogP contribution < -0.4 is 10.2 Å². The topological polar surface area (TPSA) is 84.7 Å². The lowest BCUT2D eigenvalue weighted by atomic mass is 9.82. The molecule has 3 aliphatic rings. The number of carbonyl (C=O) groups is 1. The van der Waals surface area contributed by atoms with Crippen LogP contribution in [-0.4, -0.2) is 64.8 Å². The van der Waals surface area contributed by atoms with Crippen molar-refractivity contribution in [3.8, 4) is 22.5 Å². The highest BCUT2D eigenvalue weighted by molar-refractivity contribution is 6.00. The summed E-state index contributed by atoms with van der Waals surface area (Å²) in [6.07, 6.45) is 7.27. The molecule has 2 bridgehead atoms. The van der Waals surface area contributed by atoms with Gasteiger partial charge in [0.25, 0.3) is 0 Å². The second kappa shape index (κ2) is 9.60. The zero-order chi connectivity index (χ0) is 25.6. The van der Waals surface area contributed by atoms with E-state index in [0.717, 1.165) is 85.0 Å². The Kier molecular flexibility index (Phi) is 5.93. The largest absolute Gasteiger partial charge is 0.378 e. The highest BCUT2D eigenvalue weighted by Crippen LogP contribution is 2.42. The molecule has 0 amide bonds. The van der Waals surface area contributed by atoms with Gasteiger partial charge in [-0.3, -0.25) is 4.79 Å². The van der Waals surface area contributed by atoms with E-state index in [1.807, 2.05) is 48.8 Å². The minimum Gasteiger partial charge on any atom is -0.378 e. The van der Waals surface area contributed by atoms with Crippen LogP contribution in [0.4, 0.5) is 5.82 Å². The van der Waals surface area contributed by atoms with Crippen molar-refractivity contribution in [1.82, 2.24) is 24.9 Å². The van der Waals surface area contributed by atoms with E-state index in [4.69, 9.17) is 14.7 Å². The summed E-state index contributed by atoms with van der Waals surface area (Å²) in [7, 11) is 1.74. The first-order valence-electron chi connectivity index (χ1n) is 13.6. The molecule has 2 saturated heterocycles. The smallest absolute Gasteiger partial charge is 0.166 e. The van der Waals surface area contributed by atoms with Gasteiger partial charge in [0.05, 0.1) is 29.3 Å². The Morgan fingerprint density at radius 1 is 1.00 bits per heavy atom. The highest BCUT2D eigenvalue weighted by Gasteiger charge is 2.42. The Bertz CT molecular complexity index is 1460. The number of Topliss-reactive ketones (excluding diaryl/α,β-unsaturated/α-hetero) is 1. The molecule has 1 aliphatic carbocycles. The summed E-state index contributed by atoms with van der Waals surface area (Å²) in [6.45, 7) is 3.47. The summed E-state index contributed by atoms with van der Waals surface area (Å²) in [6, 6.07) is 16.1. The van der Waals surface area contributed by atoms with Crippen LogP contribution in [0.1, 0.15) is 29.6 Å². The zero-order valence-corrected chi connectivity index (χ0v) is 21.6. The molecular weight excluding hydrogens is 476 g/mol. The van der Waals surface area contributed by atoms with Crippen molar-refractivity contribution in [2.45, 2.75) is 25.4 Å². The standard InChI is InChI=1S/C30H32N6O2/c1-38-23-17-35(18-23)27-14-22(29(37)28-20-7-8-21(28)15-31-11-9-20)13-26(33-27)24-16-32-36-12-10-25(34-30(24)36)19-5-3-2-4-6-19/h2-6,10,12-14,16,20-21,23,28,31H,7-9,11,15,17-18H2,1H3/t20-,21?,28?/m1/s1. The van der Waals surface area contributed by atoms with E-state index >= 15 is 0 Å². The van der Waals surface area contributed by atoms with Gasteiger partial charge in [-0.2, -0.15) is 5.10 Å². The maximum atomic E-state index is 14.1. The van der Waals surface area contributed by atoms with E-state index in [1.54, 1.807) is 11.6 Å². The lowest BCUT2D eigenvalue weighted by Crippen LogP contribution is -2.52. The van der Waals surface area contributed by atoms with Crippen molar-refractivity contribution in [2.75, 3.05) is 38.2 Å². The van der Waals surface area contributed by atoms with Crippen LogP contribution in [0.5, 0.6) is 0 Å². The normalized spacial score (nSPS) is 23.4. The van der Waals surface area contributed by atoms with E-state index in [0.29, 0.717) is 11.8 Å². The molecule has 194 valence electrons. The molecule has 2 aliphatic heterocycles. The Morgan fingerprint density at radius 3 is 2.68 bits per heavy atom. The van der Waals surface area contributed by atoms with Gasteiger partial charge in [0.15, 0.2) is 11.4 Å². The number of ketones is 1. The van der Waals surface area contributed by atoms with E-state index < -0.39 is 0 Å². The third-order valence-corrected chi connectivity index (χ3v) is 8.64. The molecule has 8 nitrogen and oxygen atoms in total. The molecule has 1 aromatic carbocycles. The van der Waals surface area contributed by atoms with Crippen molar-refractivity contribution in [2.24, 2.45) is 17.8 Å². The average Bonchev–Trinajstić information content (AvgIpc) is 3.46. The van der Waals surface area contributed by atoms with Crippen LogP contribution in [0.25, 0.3) is 28.2 Å². The first-order chi connectivity index (χ1) is 18.7. The van der Waals surface area contributed by atoms with Gasteiger partial charge >= 0.3 is 0 Å². The van der Waals surface area contributed by atoms with Crippen molar-refractivity contribution in [3.05, 3.63) is 66.5 Å². The molecule has 3 aromatic heterocycles. The van der Waals surface area contributed by atoms with Crippen molar-refractivity contribution in [3.63, 3.8) is 0 Å². The summed E-state index contributed by atoms with van der Waals surface area (Å²) in [5.41, 5.74) is 4.95. The van der Waals surface area contributed by atoms with Crippen molar-refractivity contribution < 1.29 is 9.53 Å². The lowest BCUT2D eigenvalue weighted by Gasteiger charge is -2.39. The number of ether oxygens (including phenoxy) is 1. The molecule has 0 spiro atoms. The number of benzene rings is 1. The predicted octanol–water partition coefficient (Wildman–Crippen LogP) is 4.11. The molecule has 1 saturated carbocycles. The number of pyridine rings is 1. The van der Waals surface area contributed by atoms with Gasteiger partial charge in [-0.25, -0.2) is 14.5 Å². The molecule has 3 atom stereocenters. The van der Waals surface area contributed by atoms with Crippen LogP contribution in [0.15, 0.2) is 60.9 Å². The van der Waals surface area contributed by atoms with Gasteiger partial charge in [-0.1, -0.05) is 30.3 Å². The van der Waals surface area contributed by atoms with Gasteiger partial charge in [0.1, 0.15) is 5.82 Å². The SMILES string of the molecule is COC1CN(c2cc(C(=O)C3C4CC[C@@H]3CCNC4)cc(-c3cnn4ccc(-c5ccccc5)nc34)n2)C1. The van der Waals surface area contributed by atoms with Crippen LogP contribution in [0.3, 0.4) is 0 Å². The molecule has 3 fully saturated rings. The summed E-state index contributed by atoms with van der Waals surface area (Å²) in [5, 5.41) is 8.10. The molecule has 8 heteroatoms. The van der Waals surface area contributed by atoms with Gasteiger partial charge in [0, 0.05) is 43.4 Å². The Labute approximate surface area is 222 Å². The molecule has 1 N–H and O–H groups in total. The summed E-state index contributed by atoms with van der Waals surface area (Å²) in [4.78, 5) is 26.3. The quantitative estimate of drug-likeness (QED) is 0.392. The average molecular weight is 509 g/mol. The molecule has 0 radical (unpaired) electrons. The van der Waals surface area contributed by atoms with Crippen molar-refractivity contribution >= 4 is 17.2 Å². The Hall–Kier alpha value is -3.62. The second-order valence-electron chi connectivity index (χ2n) is 10.8. The monoisotopic (exact) mass is 508 g/mol. The van der Waals surface area contributed by atoms with Crippen LogP contribution in [-0.2, 0) is 4.74 Å². The minimum atomic E-state index is 0.0722. The van der Waals surface area contributed by atoms with E-state index in [9.17, 15) is 4.79 Å². The maximum absolute atomic E-state index is 14.1. The first kappa shape index (κ1) is 23.5. The zero-order valence-electron chi connectivity index (χ0n) is 21.6. The Balaban J connectivity index is 1.31. The van der Waals surface area contributed by atoms with E-state index in [2.05, 4.69) is 27.4 Å². The number of rotatable bonds is 6. The lowest BCUT2D eigenvalue weighted by molar-refractivity contribution is 0.0783. The Morgan fingerprint density at radius 2 is 1.84 bits per heavy atom. The number of carbonyl (C=O) groups excluding carboxylic acids is 1. The molecule has 38 heavy (non-hydrogen) atoms. The third-order valence-electron chi connectivity index (χ3n) is 8.64. The second-order valence-corrected chi connectivity index (χ2v) is 10.8. The van der Waals surface area contributed by atoms with Crippen molar-refractivity contribution in [1.29, 1.82) is 0 Å². The molecule has 4 aromatic rings. The maximum Gasteiger partial charge on any atom is 0.166 e. The van der Waals surface area contributed by atoms with Gasteiger partial charge in [-0.05, 0) is 62.4 Å². The van der Waals surface area contributed by atoms with Crippen LogP contribution in [0.2, 0.25) is 0 Å².